The second-order valence-corrected chi connectivity index (χ2v) is 6.76. The molecule has 0 aromatic rings. The van der Waals surface area contributed by atoms with Crippen LogP contribution in [-0.2, 0) is 14.2 Å². The first kappa shape index (κ1) is 14.4. The summed E-state index contributed by atoms with van der Waals surface area (Å²) in [4.78, 5) is 9.16. The summed E-state index contributed by atoms with van der Waals surface area (Å²) in [6.07, 6.45) is 0. The number of fused-ring (bicyclic) bond motifs is 2. The van der Waals surface area contributed by atoms with Gasteiger partial charge in [-0.05, 0) is 6.92 Å². The number of halogens is 1. The zero-order chi connectivity index (χ0) is 15.2. The van der Waals surface area contributed by atoms with Gasteiger partial charge in [0.2, 0.25) is 10.9 Å². The van der Waals surface area contributed by atoms with Gasteiger partial charge in [0.05, 0.1) is 32.5 Å². The lowest BCUT2D eigenvalue weighted by Gasteiger charge is -2.47. The molecule has 2 unspecified atom stereocenters. The number of nitrogens with zero attached hydrogens (tertiary/aromatic N) is 3. The van der Waals surface area contributed by atoms with Crippen LogP contribution >= 0.6 is 11.6 Å². The molecule has 122 valence electrons. The monoisotopic (exact) mass is 328 g/mol. The van der Waals surface area contributed by atoms with Gasteiger partial charge < -0.3 is 29.3 Å². The van der Waals surface area contributed by atoms with Crippen LogP contribution in [0.5, 0.6) is 0 Å². The first-order valence-corrected chi connectivity index (χ1v) is 8.13. The third-order valence-corrected chi connectivity index (χ3v) is 4.51. The molecule has 8 heteroatoms. The Morgan fingerprint density at radius 3 is 2.77 bits per heavy atom. The van der Waals surface area contributed by atoms with Gasteiger partial charge in [-0.25, -0.2) is 4.99 Å². The molecule has 7 nitrogen and oxygen atoms in total. The summed E-state index contributed by atoms with van der Waals surface area (Å²) < 4.78 is 17.0. The summed E-state index contributed by atoms with van der Waals surface area (Å²) in [7, 11) is 0. The van der Waals surface area contributed by atoms with E-state index in [1.807, 2.05) is 6.92 Å². The molecular formula is C14H21ClN4O3. The van der Waals surface area contributed by atoms with Gasteiger partial charge in [-0.15, -0.1) is 0 Å². The minimum atomic E-state index is -0.865. The number of ether oxygens (including phenoxy) is 3. The molecule has 4 aliphatic rings. The Morgan fingerprint density at radius 1 is 1.18 bits per heavy atom. The molecule has 4 rings (SSSR count). The summed E-state index contributed by atoms with van der Waals surface area (Å²) in [5.41, 5.74) is 0. The molecule has 0 radical (unpaired) electrons. The lowest BCUT2D eigenvalue weighted by atomic mass is 10.1. The fourth-order valence-corrected chi connectivity index (χ4v) is 3.42. The van der Waals surface area contributed by atoms with Crippen molar-refractivity contribution in [1.29, 1.82) is 0 Å². The maximum atomic E-state index is 6.53. The SMILES string of the molecule is CC1(Cl)N=C(N2CCOCC2)C2=C(N1)N1CCOCC1CO2. The number of alkyl halides is 1. The predicted molar refractivity (Wildman–Crippen MR) is 81.5 cm³/mol. The molecule has 0 spiro atoms. The van der Waals surface area contributed by atoms with E-state index in [4.69, 9.17) is 25.8 Å². The fourth-order valence-electron chi connectivity index (χ4n) is 3.25. The van der Waals surface area contributed by atoms with E-state index in [2.05, 4.69) is 20.1 Å². The van der Waals surface area contributed by atoms with Crippen molar-refractivity contribution in [2.75, 3.05) is 52.7 Å². The van der Waals surface area contributed by atoms with Gasteiger partial charge in [-0.1, -0.05) is 11.6 Å². The zero-order valence-corrected chi connectivity index (χ0v) is 13.4. The summed E-state index contributed by atoms with van der Waals surface area (Å²) in [6, 6.07) is 0.233. The number of morpholine rings is 2. The van der Waals surface area contributed by atoms with E-state index >= 15 is 0 Å². The maximum Gasteiger partial charge on any atom is 0.206 e. The van der Waals surface area contributed by atoms with Crippen molar-refractivity contribution < 1.29 is 14.2 Å². The molecule has 0 aromatic heterocycles. The Balaban J connectivity index is 1.69. The minimum absolute atomic E-state index is 0.233. The molecule has 2 fully saturated rings. The van der Waals surface area contributed by atoms with Crippen LogP contribution in [0, 0.1) is 0 Å². The Bertz CT molecular complexity index is 516. The molecule has 22 heavy (non-hydrogen) atoms. The number of hydrogen-bond donors (Lipinski definition) is 1. The van der Waals surface area contributed by atoms with Crippen LogP contribution in [0.15, 0.2) is 16.6 Å². The van der Waals surface area contributed by atoms with Gasteiger partial charge in [-0.2, -0.15) is 0 Å². The summed E-state index contributed by atoms with van der Waals surface area (Å²) in [5.74, 6) is 2.58. The van der Waals surface area contributed by atoms with E-state index in [1.54, 1.807) is 0 Å². The van der Waals surface area contributed by atoms with E-state index in [9.17, 15) is 0 Å². The van der Waals surface area contributed by atoms with E-state index < -0.39 is 5.12 Å². The van der Waals surface area contributed by atoms with Crippen molar-refractivity contribution in [2.24, 2.45) is 4.99 Å². The van der Waals surface area contributed by atoms with Crippen LogP contribution in [0.1, 0.15) is 6.92 Å². The first-order valence-electron chi connectivity index (χ1n) is 7.75. The molecule has 0 aliphatic carbocycles. The number of amidine groups is 1. The van der Waals surface area contributed by atoms with Crippen LogP contribution in [0.3, 0.4) is 0 Å². The molecule has 0 amide bonds. The molecule has 4 aliphatic heterocycles. The second-order valence-electron chi connectivity index (χ2n) is 6.02. The fraction of sp³-hybridized carbons (Fsp3) is 0.786. The Kier molecular flexibility index (Phi) is 3.58. The molecule has 0 aromatic carbocycles. The van der Waals surface area contributed by atoms with Crippen LogP contribution in [0.4, 0.5) is 0 Å². The summed E-state index contributed by atoms with van der Waals surface area (Å²) in [6.45, 7) is 7.73. The molecule has 2 saturated heterocycles. The Morgan fingerprint density at radius 2 is 1.95 bits per heavy atom. The Labute approximate surface area is 134 Å². The highest BCUT2D eigenvalue weighted by molar-refractivity contribution is 6.24. The molecule has 4 heterocycles. The van der Waals surface area contributed by atoms with Crippen LogP contribution in [0.25, 0.3) is 0 Å². The van der Waals surface area contributed by atoms with Crippen molar-refractivity contribution >= 4 is 17.4 Å². The van der Waals surface area contributed by atoms with E-state index in [0.717, 1.165) is 43.7 Å². The smallest absolute Gasteiger partial charge is 0.206 e. The standard InChI is InChI=1S/C14H21ClN4O3/c1-14(15)16-12(18-2-5-20-6-3-18)11-13(17-14)19-4-7-21-8-10(19)9-22-11/h10,17H,2-9H2,1H3. The van der Waals surface area contributed by atoms with Crippen LogP contribution < -0.4 is 5.32 Å². The number of aliphatic imine (C=N–C) groups is 1. The molecule has 2 atom stereocenters. The minimum Gasteiger partial charge on any atom is -0.484 e. The largest absolute Gasteiger partial charge is 0.484 e. The van der Waals surface area contributed by atoms with Crippen molar-refractivity contribution in [2.45, 2.75) is 18.1 Å². The van der Waals surface area contributed by atoms with Crippen LogP contribution in [-0.4, -0.2) is 79.5 Å². The van der Waals surface area contributed by atoms with Gasteiger partial charge in [0, 0.05) is 19.6 Å². The zero-order valence-electron chi connectivity index (χ0n) is 12.7. The normalized spacial score (nSPS) is 35.2. The highest BCUT2D eigenvalue weighted by atomic mass is 35.5. The lowest BCUT2D eigenvalue weighted by Crippen LogP contribution is -2.59. The van der Waals surface area contributed by atoms with Gasteiger partial charge in [0.15, 0.2) is 11.7 Å². The number of hydrogen-bond acceptors (Lipinski definition) is 7. The van der Waals surface area contributed by atoms with Crippen LogP contribution in [0.2, 0.25) is 0 Å². The third-order valence-electron chi connectivity index (χ3n) is 4.33. The van der Waals surface area contributed by atoms with E-state index in [-0.39, 0.29) is 6.04 Å². The highest BCUT2D eigenvalue weighted by Gasteiger charge is 2.42. The second kappa shape index (κ2) is 5.47. The number of nitrogens with one attached hydrogen (secondary N) is 1. The van der Waals surface area contributed by atoms with Gasteiger partial charge in [-0.3, -0.25) is 0 Å². The number of rotatable bonds is 0. The molecular weight excluding hydrogens is 308 g/mol. The van der Waals surface area contributed by atoms with E-state index in [1.165, 1.54) is 0 Å². The van der Waals surface area contributed by atoms with E-state index in [0.29, 0.717) is 26.4 Å². The lowest BCUT2D eigenvalue weighted by molar-refractivity contribution is -0.0410. The quantitative estimate of drug-likeness (QED) is 0.504. The average Bonchev–Trinajstić information content (AvgIpc) is 2.54. The topological polar surface area (TPSA) is 58.6 Å². The highest BCUT2D eigenvalue weighted by Crippen LogP contribution is 2.32. The molecule has 0 bridgehead atoms. The predicted octanol–water partition coefficient (Wildman–Crippen LogP) is 0.133. The average molecular weight is 329 g/mol. The van der Waals surface area contributed by atoms with Gasteiger partial charge in [0.1, 0.15) is 6.61 Å². The van der Waals surface area contributed by atoms with Gasteiger partial charge in [0.25, 0.3) is 0 Å². The molecule has 0 saturated carbocycles. The summed E-state index contributed by atoms with van der Waals surface area (Å²) in [5, 5.41) is 2.44. The first-order chi connectivity index (χ1) is 10.6. The Hall–Kier alpha value is -1.18. The van der Waals surface area contributed by atoms with Gasteiger partial charge >= 0.3 is 0 Å². The van der Waals surface area contributed by atoms with Crippen molar-refractivity contribution in [3.63, 3.8) is 0 Å². The third kappa shape index (κ3) is 2.51. The molecule has 1 N–H and O–H groups in total. The summed E-state index contributed by atoms with van der Waals surface area (Å²) >= 11 is 6.53. The maximum absolute atomic E-state index is 6.53. The van der Waals surface area contributed by atoms with Crippen molar-refractivity contribution in [1.82, 2.24) is 15.1 Å². The van der Waals surface area contributed by atoms with Crippen molar-refractivity contribution in [3.05, 3.63) is 11.6 Å². The van der Waals surface area contributed by atoms with Crippen molar-refractivity contribution in [3.8, 4) is 0 Å².